The fourth-order valence-electron chi connectivity index (χ4n) is 11.6. The molecule has 0 aliphatic heterocycles. The van der Waals surface area contributed by atoms with E-state index in [1.54, 1.807) is 25.7 Å². The third kappa shape index (κ3) is 38.9. The van der Waals surface area contributed by atoms with Crippen LogP contribution in [-0.4, -0.2) is 6.29 Å². The van der Waals surface area contributed by atoms with Gasteiger partial charge in [0.2, 0.25) is 0 Å². The molecule has 2 saturated carbocycles. The number of hydrogen-bond acceptors (Lipinski definition) is 1. The van der Waals surface area contributed by atoms with Gasteiger partial charge in [0.15, 0.2) is 0 Å². The maximum Gasteiger partial charge on any atom is 0.119 e. The van der Waals surface area contributed by atoms with Crippen LogP contribution in [0.2, 0.25) is 0 Å². The summed E-state index contributed by atoms with van der Waals surface area (Å²) in [6.45, 7) is 4.89. The van der Waals surface area contributed by atoms with Gasteiger partial charge in [0, 0.05) is 6.42 Å². The topological polar surface area (TPSA) is 17.1 Å². The average Bonchev–Trinajstić information content (AvgIpc) is 4.22. The van der Waals surface area contributed by atoms with Gasteiger partial charge >= 0.3 is 0 Å². The van der Waals surface area contributed by atoms with Crippen molar-refractivity contribution in [3.05, 3.63) is 0 Å². The van der Waals surface area contributed by atoms with Gasteiger partial charge in [0.1, 0.15) is 6.29 Å². The monoisotopic (exact) mass is 867 g/mol. The van der Waals surface area contributed by atoms with Gasteiger partial charge in [-0.05, 0) is 48.9 Å². The fourth-order valence-corrected chi connectivity index (χ4v) is 11.6. The molecule has 0 aromatic heterocycles. The van der Waals surface area contributed by atoms with E-state index in [1.807, 2.05) is 0 Å². The first-order valence-electron chi connectivity index (χ1n) is 30.2. The summed E-state index contributed by atoms with van der Waals surface area (Å²) in [4.78, 5) is 10.4. The third-order valence-corrected chi connectivity index (χ3v) is 16.3. The van der Waals surface area contributed by atoms with Gasteiger partial charge in [-0.2, -0.15) is 0 Å². The van der Waals surface area contributed by atoms with Crippen LogP contribution >= 0.6 is 0 Å². The molecule has 0 spiro atoms. The van der Waals surface area contributed by atoms with Crippen molar-refractivity contribution in [3.63, 3.8) is 0 Å². The number of unbranched alkanes of at least 4 members (excludes halogenated alkanes) is 44. The lowest BCUT2D eigenvalue weighted by Crippen LogP contribution is -2.00. The van der Waals surface area contributed by atoms with E-state index in [0.29, 0.717) is 0 Å². The summed E-state index contributed by atoms with van der Waals surface area (Å²) in [6.07, 6.45) is 78.5. The summed E-state index contributed by atoms with van der Waals surface area (Å²) in [5.74, 6) is 5.42. The Morgan fingerprint density at radius 3 is 0.887 bits per heavy atom. The maximum absolute atomic E-state index is 10.4. The summed E-state index contributed by atoms with van der Waals surface area (Å²) >= 11 is 0. The number of rotatable bonds is 54. The summed E-state index contributed by atoms with van der Waals surface area (Å²) < 4.78 is 0. The van der Waals surface area contributed by atoms with E-state index in [0.717, 1.165) is 48.7 Å². The van der Waals surface area contributed by atoms with Crippen LogP contribution in [0.5, 0.6) is 0 Å². The van der Waals surface area contributed by atoms with E-state index in [2.05, 4.69) is 13.8 Å². The Bertz CT molecular complexity index is 879. The highest BCUT2D eigenvalue weighted by atomic mass is 16.1. The predicted molar refractivity (Wildman–Crippen MR) is 280 cm³/mol. The molecule has 0 radical (unpaired) electrons. The SMILES string of the molecule is CCCCCCCCCCCCCCCCCCC1CC1CCCCCCCCCCCCCCCCCC(C)C1CC1CCCCCCCCCCCCCCCCCC=O. The molecule has 0 bridgehead atoms. The molecule has 62 heavy (non-hydrogen) atoms. The van der Waals surface area contributed by atoms with Gasteiger partial charge in [-0.1, -0.05) is 328 Å². The van der Waals surface area contributed by atoms with E-state index in [9.17, 15) is 4.79 Å². The molecule has 0 aromatic rings. The zero-order chi connectivity index (χ0) is 44.1. The minimum atomic E-state index is 0.764. The van der Waals surface area contributed by atoms with Crippen molar-refractivity contribution in [2.75, 3.05) is 0 Å². The Morgan fingerprint density at radius 2 is 0.581 bits per heavy atom. The van der Waals surface area contributed by atoms with Gasteiger partial charge in [0.25, 0.3) is 0 Å². The molecule has 2 aliphatic carbocycles. The second-order valence-corrected chi connectivity index (χ2v) is 22.4. The molecule has 0 heterocycles. The summed E-state index contributed by atoms with van der Waals surface area (Å²) in [5.41, 5.74) is 0. The number of hydrogen-bond donors (Lipinski definition) is 0. The molecule has 0 aromatic carbocycles. The quantitative estimate of drug-likeness (QED) is 0.0440. The van der Waals surface area contributed by atoms with Crippen LogP contribution in [0, 0.1) is 29.6 Å². The van der Waals surface area contributed by atoms with Crippen molar-refractivity contribution in [1.82, 2.24) is 0 Å². The van der Waals surface area contributed by atoms with Crippen molar-refractivity contribution in [3.8, 4) is 0 Å². The van der Waals surface area contributed by atoms with Crippen LogP contribution in [0.1, 0.15) is 354 Å². The lowest BCUT2D eigenvalue weighted by molar-refractivity contribution is -0.107. The predicted octanol–water partition coefficient (Wildman–Crippen LogP) is 22.0. The third-order valence-electron chi connectivity index (χ3n) is 16.3. The Hall–Kier alpha value is -0.330. The second kappa shape index (κ2) is 45.8. The smallest absolute Gasteiger partial charge is 0.119 e. The van der Waals surface area contributed by atoms with Crippen LogP contribution < -0.4 is 0 Å². The molecule has 2 rings (SSSR count). The summed E-state index contributed by atoms with van der Waals surface area (Å²) in [5, 5.41) is 0. The van der Waals surface area contributed by atoms with Crippen molar-refractivity contribution in [2.24, 2.45) is 29.6 Å². The Morgan fingerprint density at radius 1 is 0.323 bits per heavy atom. The van der Waals surface area contributed by atoms with Crippen molar-refractivity contribution >= 4 is 6.29 Å². The molecule has 368 valence electrons. The Kier molecular flexibility index (Phi) is 42.7. The minimum Gasteiger partial charge on any atom is -0.303 e. The molecule has 2 fully saturated rings. The fraction of sp³-hybridized carbons (Fsp3) is 0.984. The molecule has 1 nitrogen and oxygen atoms in total. The minimum absolute atomic E-state index is 0.764. The number of aldehydes is 1. The van der Waals surface area contributed by atoms with Crippen LogP contribution in [0.4, 0.5) is 0 Å². The highest BCUT2D eigenvalue weighted by Crippen LogP contribution is 2.49. The normalized spacial score (nSPS) is 18.7. The largest absolute Gasteiger partial charge is 0.303 e. The lowest BCUT2D eigenvalue weighted by Gasteiger charge is -2.11. The highest BCUT2D eigenvalue weighted by molar-refractivity contribution is 5.48. The molecular weight excluding hydrogens is 749 g/mol. The first kappa shape index (κ1) is 57.8. The Labute approximate surface area is 393 Å². The van der Waals surface area contributed by atoms with Crippen LogP contribution in [0.3, 0.4) is 0 Å². The average molecular weight is 868 g/mol. The van der Waals surface area contributed by atoms with E-state index in [4.69, 9.17) is 0 Å². The first-order valence-corrected chi connectivity index (χ1v) is 30.2. The van der Waals surface area contributed by atoms with Crippen molar-refractivity contribution in [1.29, 1.82) is 0 Å². The summed E-state index contributed by atoms with van der Waals surface area (Å²) in [7, 11) is 0. The molecular formula is C61H118O. The van der Waals surface area contributed by atoms with Gasteiger partial charge in [-0.3, -0.25) is 0 Å². The van der Waals surface area contributed by atoms with Gasteiger partial charge in [-0.15, -0.1) is 0 Å². The Balaban J connectivity index is 1.17. The van der Waals surface area contributed by atoms with E-state index in [1.165, 1.54) is 302 Å². The number of carbonyl (C=O) groups is 1. The molecule has 0 N–H and O–H groups in total. The second-order valence-electron chi connectivity index (χ2n) is 22.4. The van der Waals surface area contributed by atoms with Crippen molar-refractivity contribution in [2.45, 2.75) is 354 Å². The van der Waals surface area contributed by atoms with E-state index < -0.39 is 0 Å². The maximum atomic E-state index is 10.4. The zero-order valence-electron chi connectivity index (χ0n) is 43.3. The van der Waals surface area contributed by atoms with Gasteiger partial charge < -0.3 is 4.79 Å². The highest BCUT2D eigenvalue weighted by Gasteiger charge is 2.39. The molecule has 0 saturated heterocycles. The van der Waals surface area contributed by atoms with Crippen LogP contribution in [0.25, 0.3) is 0 Å². The molecule has 0 amide bonds. The molecule has 2 aliphatic rings. The standard InChI is InChI=1S/C61H118O/c1-3-4-5-6-7-8-9-10-11-16-21-26-31-36-41-46-51-58-55-59(58)52-47-42-37-32-27-22-18-14-15-20-25-30-35-40-45-50-57(2)61-56-60(61)53-48-43-38-33-28-23-17-12-13-19-24-29-34-39-44-49-54-62/h54,57-61H,3-53,55-56H2,1-2H3. The zero-order valence-corrected chi connectivity index (χ0v) is 43.3. The lowest BCUT2D eigenvalue weighted by atomic mass is 9.95. The van der Waals surface area contributed by atoms with Crippen LogP contribution in [0.15, 0.2) is 0 Å². The molecule has 1 heteroatoms. The molecule has 5 unspecified atom stereocenters. The van der Waals surface area contributed by atoms with Gasteiger partial charge in [0.05, 0.1) is 0 Å². The van der Waals surface area contributed by atoms with Crippen LogP contribution in [-0.2, 0) is 4.79 Å². The van der Waals surface area contributed by atoms with Crippen molar-refractivity contribution < 1.29 is 4.79 Å². The summed E-state index contributed by atoms with van der Waals surface area (Å²) in [6, 6.07) is 0. The number of carbonyl (C=O) groups excluding carboxylic acids is 1. The molecule has 5 atom stereocenters. The van der Waals surface area contributed by atoms with E-state index >= 15 is 0 Å². The van der Waals surface area contributed by atoms with Gasteiger partial charge in [-0.25, -0.2) is 0 Å². The van der Waals surface area contributed by atoms with E-state index in [-0.39, 0.29) is 0 Å². The first-order chi connectivity index (χ1) is 30.8.